The third-order valence-corrected chi connectivity index (χ3v) is 2.35. The van der Waals surface area contributed by atoms with Gasteiger partial charge >= 0.3 is 0 Å². The van der Waals surface area contributed by atoms with Crippen LogP contribution >= 0.6 is 0 Å². The Balaban J connectivity index is 2.25. The van der Waals surface area contributed by atoms with Crippen molar-refractivity contribution in [3.8, 4) is 0 Å². The maximum absolute atomic E-state index is 9.29. The van der Waals surface area contributed by atoms with Gasteiger partial charge in [0.15, 0.2) is 0 Å². The third-order valence-electron chi connectivity index (χ3n) is 2.35. The summed E-state index contributed by atoms with van der Waals surface area (Å²) in [6.45, 7) is 6.66. The molecule has 78 valence electrons. The highest BCUT2D eigenvalue weighted by molar-refractivity contribution is 4.82. The number of ether oxygens (including phenoxy) is 1. The fraction of sp³-hybridized carbons (Fsp3) is 1.00. The lowest BCUT2D eigenvalue weighted by molar-refractivity contribution is -0.0232. The zero-order valence-corrected chi connectivity index (χ0v) is 8.66. The Morgan fingerprint density at radius 3 is 2.00 bits per heavy atom. The molecule has 0 aromatic heterocycles. The van der Waals surface area contributed by atoms with E-state index in [2.05, 4.69) is 0 Å². The van der Waals surface area contributed by atoms with E-state index in [9.17, 15) is 10.2 Å². The number of aliphatic hydroxyl groups excluding tert-OH is 2. The highest BCUT2D eigenvalue weighted by Gasteiger charge is 2.32. The molecule has 3 heteroatoms. The summed E-state index contributed by atoms with van der Waals surface area (Å²) >= 11 is 0. The standard InChI is InChI=1S/C10H20O3/c1-10(2,3)13-6-7-4-8(11)9(12)5-7/h7-9,11-12H,4-6H2,1-3H3/t7?,8-,9+. The number of aliphatic hydroxyl groups is 2. The number of rotatable bonds is 2. The zero-order chi connectivity index (χ0) is 10.1. The van der Waals surface area contributed by atoms with Crippen molar-refractivity contribution in [3.05, 3.63) is 0 Å². The molecule has 13 heavy (non-hydrogen) atoms. The molecule has 2 N–H and O–H groups in total. The van der Waals surface area contributed by atoms with E-state index in [4.69, 9.17) is 4.74 Å². The van der Waals surface area contributed by atoms with Gasteiger partial charge in [0.2, 0.25) is 0 Å². The van der Waals surface area contributed by atoms with Gasteiger partial charge in [-0.15, -0.1) is 0 Å². The highest BCUT2D eigenvalue weighted by atomic mass is 16.5. The Labute approximate surface area is 79.7 Å². The van der Waals surface area contributed by atoms with Crippen molar-refractivity contribution in [2.75, 3.05) is 6.61 Å². The van der Waals surface area contributed by atoms with Gasteiger partial charge in [-0.2, -0.15) is 0 Å². The maximum Gasteiger partial charge on any atom is 0.0802 e. The number of hydrogen-bond acceptors (Lipinski definition) is 3. The molecule has 1 aliphatic carbocycles. The van der Waals surface area contributed by atoms with Crippen molar-refractivity contribution >= 4 is 0 Å². The molecule has 0 spiro atoms. The molecule has 1 unspecified atom stereocenters. The molecule has 0 bridgehead atoms. The molecule has 1 fully saturated rings. The Bertz CT molecular complexity index is 152. The largest absolute Gasteiger partial charge is 0.390 e. The van der Waals surface area contributed by atoms with E-state index in [0.717, 1.165) is 0 Å². The second-order valence-electron chi connectivity index (χ2n) is 4.90. The smallest absolute Gasteiger partial charge is 0.0802 e. The second kappa shape index (κ2) is 3.95. The van der Waals surface area contributed by atoms with Crippen molar-refractivity contribution in [3.63, 3.8) is 0 Å². The van der Waals surface area contributed by atoms with Gasteiger partial charge in [0.05, 0.1) is 24.4 Å². The lowest BCUT2D eigenvalue weighted by Crippen LogP contribution is -2.23. The van der Waals surface area contributed by atoms with Crippen molar-refractivity contribution < 1.29 is 14.9 Å². The van der Waals surface area contributed by atoms with Gasteiger partial charge in [0.25, 0.3) is 0 Å². The van der Waals surface area contributed by atoms with E-state index >= 15 is 0 Å². The summed E-state index contributed by atoms with van der Waals surface area (Å²) in [5.74, 6) is 0.309. The van der Waals surface area contributed by atoms with E-state index in [1.54, 1.807) is 0 Å². The van der Waals surface area contributed by atoms with Crippen LogP contribution in [-0.2, 0) is 4.74 Å². The first-order valence-corrected chi connectivity index (χ1v) is 4.88. The van der Waals surface area contributed by atoms with E-state index in [1.807, 2.05) is 20.8 Å². The lowest BCUT2D eigenvalue weighted by Gasteiger charge is -2.22. The minimum absolute atomic E-state index is 0.126. The van der Waals surface area contributed by atoms with Crippen LogP contribution in [0.2, 0.25) is 0 Å². The molecule has 0 aromatic carbocycles. The second-order valence-corrected chi connectivity index (χ2v) is 4.90. The molecular formula is C10H20O3. The molecule has 0 amide bonds. The third kappa shape index (κ3) is 3.63. The Morgan fingerprint density at radius 1 is 1.15 bits per heavy atom. The van der Waals surface area contributed by atoms with Crippen LogP contribution in [0.25, 0.3) is 0 Å². The monoisotopic (exact) mass is 188 g/mol. The van der Waals surface area contributed by atoms with E-state index in [-0.39, 0.29) is 5.60 Å². The van der Waals surface area contributed by atoms with Crippen molar-refractivity contribution in [2.45, 2.75) is 51.4 Å². The summed E-state index contributed by atoms with van der Waals surface area (Å²) in [6.07, 6.45) is 0.233. The fourth-order valence-corrected chi connectivity index (χ4v) is 1.60. The van der Waals surface area contributed by atoms with Crippen LogP contribution < -0.4 is 0 Å². The fourth-order valence-electron chi connectivity index (χ4n) is 1.60. The Hall–Kier alpha value is -0.120. The average Bonchev–Trinajstić information content (AvgIpc) is 2.27. The van der Waals surface area contributed by atoms with Crippen LogP contribution in [0.5, 0.6) is 0 Å². The van der Waals surface area contributed by atoms with Crippen LogP contribution in [-0.4, -0.2) is 34.6 Å². The Kier molecular flexibility index (Phi) is 3.33. The molecule has 1 saturated carbocycles. The molecule has 0 aliphatic heterocycles. The van der Waals surface area contributed by atoms with Crippen LogP contribution in [0.1, 0.15) is 33.6 Å². The van der Waals surface area contributed by atoms with E-state index < -0.39 is 12.2 Å². The SMILES string of the molecule is CC(C)(C)OCC1C[C@@H](O)[C@@H](O)C1. The van der Waals surface area contributed by atoms with Gasteiger partial charge in [-0.25, -0.2) is 0 Å². The van der Waals surface area contributed by atoms with Crippen molar-refractivity contribution in [1.82, 2.24) is 0 Å². The minimum atomic E-state index is -0.548. The van der Waals surface area contributed by atoms with Crippen LogP contribution in [0.15, 0.2) is 0 Å². The van der Waals surface area contributed by atoms with Gasteiger partial charge in [-0.05, 0) is 39.5 Å². The van der Waals surface area contributed by atoms with Crippen molar-refractivity contribution in [1.29, 1.82) is 0 Å². The summed E-state index contributed by atoms with van der Waals surface area (Å²) in [6, 6.07) is 0. The van der Waals surface area contributed by atoms with Crippen LogP contribution in [0.3, 0.4) is 0 Å². The van der Waals surface area contributed by atoms with Gasteiger partial charge in [-0.3, -0.25) is 0 Å². The lowest BCUT2D eigenvalue weighted by atomic mass is 10.1. The summed E-state index contributed by atoms with van der Waals surface area (Å²) in [5.41, 5.74) is -0.126. The number of hydrogen-bond donors (Lipinski definition) is 2. The van der Waals surface area contributed by atoms with Gasteiger partial charge in [0.1, 0.15) is 0 Å². The van der Waals surface area contributed by atoms with Crippen molar-refractivity contribution in [2.24, 2.45) is 5.92 Å². The van der Waals surface area contributed by atoms with Crippen LogP contribution in [0.4, 0.5) is 0 Å². The highest BCUT2D eigenvalue weighted by Crippen LogP contribution is 2.27. The summed E-state index contributed by atoms with van der Waals surface area (Å²) in [4.78, 5) is 0. The maximum atomic E-state index is 9.29. The normalized spacial score (nSPS) is 35.3. The molecule has 1 aliphatic rings. The van der Waals surface area contributed by atoms with Crippen LogP contribution in [0, 0.1) is 5.92 Å². The van der Waals surface area contributed by atoms with E-state index in [0.29, 0.717) is 25.4 Å². The first kappa shape index (κ1) is 11.0. The van der Waals surface area contributed by atoms with Gasteiger partial charge < -0.3 is 14.9 Å². The predicted molar refractivity (Wildman–Crippen MR) is 50.4 cm³/mol. The Morgan fingerprint density at radius 2 is 1.62 bits per heavy atom. The molecule has 3 atom stereocenters. The summed E-state index contributed by atoms with van der Waals surface area (Å²) < 4.78 is 5.59. The first-order valence-electron chi connectivity index (χ1n) is 4.88. The zero-order valence-electron chi connectivity index (χ0n) is 8.66. The molecule has 0 aromatic rings. The molecule has 3 nitrogen and oxygen atoms in total. The first-order chi connectivity index (χ1) is 5.88. The molecule has 0 heterocycles. The summed E-state index contributed by atoms with van der Waals surface area (Å²) in [7, 11) is 0. The molecule has 0 radical (unpaired) electrons. The molecule has 0 saturated heterocycles. The topological polar surface area (TPSA) is 49.7 Å². The molecule has 1 rings (SSSR count). The predicted octanol–water partition coefficient (Wildman–Crippen LogP) is 0.933. The van der Waals surface area contributed by atoms with E-state index in [1.165, 1.54) is 0 Å². The minimum Gasteiger partial charge on any atom is -0.390 e. The quantitative estimate of drug-likeness (QED) is 0.678. The van der Waals surface area contributed by atoms with Gasteiger partial charge in [-0.1, -0.05) is 0 Å². The molecular weight excluding hydrogens is 168 g/mol. The van der Waals surface area contributed by atoms with Gasteiger partial charge in [0, 0.05) is 0 Å². The summed E-state index contributed by atoms with van der Waals surface area (Å²) in [5, 5.41) is 18.6. The average molecular weight is 188 g/mol.